The zero-order valence-electron chi connectivity index (χ0n) is 13.7. The highest BCUT2D eigenvalue weighted by Gasteiger charge is 2.54. The third-order valence-corrected chi connectivity index (χ3v) is 4.90. The van der Waals surface area contributed by atoms with Crippen LogP contribution in [0.3, 0.4) is 0 Å². The highest BCUT2D eigenvalue weighted by molar-refractivity contribution is 5.81. The molecule has 1 aromatic carbocycles. The zero-order chi connectivity index (χ0) is 15.4. The van der Waals surface area contributed by atoms with E-state index >= 15 is 0 Å². The van der Waals surface area contributed by atoms with Crippen LogP contribution in [0.4, 0.5) is 0 Å². The maximum absolute atomic E-state index is 12.2. The van der Waals surface area contributed by atoms with Crippen molar-refractivity contribution in [2.24, 2.45) is 5.41 Å². The largest absolute Gasteiger partial charge is 0.318 e. The second-order valence-electron chi connectivity index (χ2n) is 8.16. The fourth-order valence-corrected chi connectivity index (χ4v) is 3.23. The normalized spacial score (nSPS) is 28.0. The first-order valence-corrected chi connectivity index (χ1v) is 7.85. The maximum atomic E-state index is 12.2. The van der Waals surface area contributed by atoms with Crippen LogP contribution in [-0.2, 0) is 10.2 Å². The Morgan fingerprint density at radius 2 is 1.76 bits per heavy atom. The van der Waals surface area contributed by atoms with E-state index in [0.717, 1.165) is 6.42 Å². The third kappa shape index (κ3) is 2.59. The van der Waals surface area contributed by atoms with Crippen molar-refractivity contribution in [1.29, 1.82) is 0 Å². The van der Waals surface area contributed by atoms with Gasteiger partial charge < -0.3 is 4.90 Å². The molecule has 2 aliphatic rings. The molecule has 1 N–H and O–H groups in total. The van der Waals surface area contributed by atoms with Crippen LogP contribution in [0.5, 0.6) is 0 Å². The minimum Gasteiger partial charge on any atom is -0.318 e. The van der Waals surface area contributed by atoms with Crippen molar-refractivity contribution < 1.29 is 4.79 Å². The van der Waals surface area contributed by atoms with Crippen molar-refractivity contribution in [2.45, 2.75) is 58.7 Å². The summed E-state index contributed by atoms with van der Waals surface area (Å²) < 4.78 is 0. The van der Waals surface area contributed by atoms with E-state index in [2.05, 4.69) is 69.1 Å². The Morgan fingerprint density at radius 3 is 2.24 bits per heavy atom. The van der Waals surface area contributed by atoms with Crippen molar-refractivity contribution in [3.8, 4) is 0 Å². The molecule has 0 radical (unpaired) electrons. The van der Waals surface area contributed by atoms with Gasteiger partial charge in [-0.25, -0.2) is 0 Å². The topological polar surface area (TPSA) is 32.3 Å². The first-order chi connectivity index (χ1) is 9.70. The molecule has 0 spiro atoms. The summed E-state index contributed by atoms with van der Waals surface area (Å²) in [5.41, 5.74) is 2.95. The minimum atomic E-state index is 0.0401. The Labute approximate surface area is 127 Å². The molecule has 1 heterocycles. The molecular weight excluding hydrogens is 260 g/mol. The molecule has 114 valence electrons. The van der Waals surface area contributed by atoms with Gasteiger partial charge in [-0.3, -0.25) is 10.1 Å². The van der Waals surface area contributed by atoms with Crippen LogP contribution < -0.4 is 5.32 Å². The van der Waals surface area contributed by atoms with Crippen molar-refractivity contribution in [1.82, 2.24) is 10.2 Å². The molecule has 1 aliphatic carbocycles. The number of rotatable bonds is 2. The molecule has 0 bridgehead atoms. The molecule has 0 aromatic heterocycles. The van der Waals surface area contributed by atoms with E-state index in [-0.39, 0.29) is 22.9 Å². The van der Waals surface area contributed by atoms with Crippen LogP contribution in [0.25, 0.3) is 0 Å². The smallest absolute Gasteiger partial charge is 0.238 e. The van der Waals surface area contributed by atoms with Gasteiger partial charge in [0.2, 0.25) is 5.91 Å². The lowest BCUT2D eigenvalue weighted by Crippen LogP contribution is -2.34. The molecule has 2 unspecified atom stereocenters. The lowest BCUT2D eigenvalue weighted by atomic mass is 9.86. The van der Waals surface area contributed by atoms with Crippen LogP contribution in [0.2, 0.25) is 0 Å². The van der Waals surface area contributed by atoms with Gasteiger partial charge >= 0.3 is 0 Å². The van der Waals surface area contributed by atoms with Gasteiger partial charge in [-0.15, -0.1) is 0 Å². The standard InChI is InChI=1S/C18H26N2O/c1-17(2,3)13-8-6-12(7-9-13)16-19-11-15(21)20(16)14-10-18(14,4)5/h6-9,14,16,19H,10-11H2,1-5H3. The summed E-state index contributed by atoms with van der Waals surface area (Å²) in [5.74, 6) is 0.232. The summed E-state index contributed by atoms with van der Waals surface area (Å²) in [6.07, 6.45) is 1.15. The lowest BCUT2D eigenvalue weighted by molar-refractivity contribution is -0.129. The number of benzene rings is 1. The number of amides is 1. The Morgan fingerprint density at radius 1 is 1.19 bits per heavy atom. The molecule has 2 fully saturated rings. The van der Waals surface area contributed by atoms with E-state index in [0.29, 0.717) is 12.6 Å². The van der Waals surface area contributed by atoms with Gasteiger partial charge in [-0.1, -0.05) is 58.9 Å². The average molecular weight is 286 g/mol. The molecule has 1 amide bonds. The molecule has 2 atom stereocenters. The minimum absolute atomic E-state index is 0.0401. The first-order valence-electron chi connectivity index (χ1n) is 7.85. The number of nitrogens with one attached hydrogen (secondary N) is 1. The summed E-state index contributed by atoms with van der Waals surface area (Å²) in [6.45, 7) is 11.6. The molecule has 3 rings (SSSR count). The second-order valence-corrected chi connectivity index (χ2v) is 8.16. The Hall–Kier alpha value is -1.35. The number of carbonyl (C=O) groups is 1. The van der Waals surface area contributed by atoms with Gasteiger partial charge in [0.1, 0.15) is 6.17 Å². The number of nitrogens with zero attached hydrogens (tertiary/aromatic N) is 1. The first kappa shape index (κ1) is 14.6. The summed E-state index contributed by atoms with van der Waals surface area (Å²) in [5, 5.41) is 3.37. The monoisotopic (exact) mass is 286 g/mol. The van der Waals surface area contributed by atoms with Gasteiger partial charge in [0.15, 0.2) is 0 Å². The molecule has 1 saturated carbocycles. The van der Waals surface area contributed by atoms with Gasteiger partial charge in [-0.2, -0.15) is 0 Å². The Balaban J connectivity index is 1.84. The summed E-state index contributed by atoms with van der Waals surface area (Å²) in [6, 6.07) is 9.09. The van der Waals surface area contributed by atoms with Crippen LogP contribution in [0.1, 0.15) is 58.3 Å². The predicted octanol–water partition coefficient (Wildman–Crippen LogP) is 3.21. The molecular formula is C18H26N2O. The van der Waals surface area contributed by atoms with Crippen molar-refractivity contribution in [2.75, 3.05) is 6.54 Å². The van der Waals surface area contributed by atoms with E-state index in [1.165, 1.54) is 11.1 Å². The van der Waals surface area contributed by atoms with Crippen LogP contribution in [0, 0.1) is 5.41 Å². The van der Waals surface area contributed by atoms with E-state index in [4.69, 9.17) is 0 Å². The van der Waals surface area contributed by atoms with E-state index in [1.54, 1.807) is 0 Å². The number of carbonyl (C=O) groups excluding carboxylic acids is 1. The predicted molar refractivity (Wildman–Crippen MR) is 84.9 cm³/mol. The molecule has 3 nitrogen and oxygen atoms in total. The van der Waals surface area contributed by atoms with Crippen molar-refractivity contribution >= 4 is 5.91 Å². The van der Waals surface area contributed by atoms with E-state index < -0.39 is 0 Å². The fraction of sp³-hybridized carbons (Fsp3) is 0.611. The fourth-order valence-electron chi connectivity index (χ4n) is 3.23. The van der Waals surface area contributed by atoms with Gasteiger partial charge in [-0.05, 0) is 28.4 Å². The summed E-state index contributed by atoms with van der Waals surface area (Å²) in [7, 11) is 0. The van der Waals surface area contributed by atoms with Gasteiger partial charge in [0.25, 0.3) is 0 Å². The lowest BCUT2D eigenvalue weighted by Gasteiger charge is -2.27. The highest BCUT2D eigenvalue weighted by Crippen LogP contribution is 2.51. The SMILES string of the molecule is CC(C)(C)c1ccc(C2NCC(=O)N2C2CC2(C)C)cc1. The van der Waals surface area contributed by atoms with Gasteiger partial charge in [0.05, 0.1) is 6.54 Å². The summed E-state index contributed by atoms with van der Waals surface area (Å²) in [4.78, 5) is 14.3. The number of hydrogen-bond acceptors (Lipinski definition) is 2. The quantitative estimate of drug-likeness (QED) is 0.905. The summed E-state index contributed by atoms with van der Waals surface area (Å²) >= 11 is 0. The number of hydrogen-bond donors (Lipinski definition) is 1. The Kier molecular flexibility index (Phi) is 3.17. The van der Waals surface area contributed by atoms with E-state index in [9.17, 15) is 4.79 Å². The van der Waals surface area contributed by atoms with Crippen molar-refractivity contribution in [3.63, 3.8) is 0 Å². The van der Waals surface area contributed by atoms with Crippen LogP contribution >= 0.6 is 0 Å². The molecule has 3 heteroatoms. The Bertz CT molecular complexity index is 554. The second kappa shape index (κ2) is 4.57. The average Bonchev–Trinajstić information content (AvgIpc) is 2.84. The molecule has 21 heavy (non-hydrogen) atoms. The maximum Gasteiger partial charge on any atom is 0.238 e. The van der Waals surface area contributed by atoms with Crippen LogP contribution in [0.15, 0.2) is 24.3 Å². The van der Waals surface area contributed by atoms with Gasteiger partial charge in [0, 0.05) is 6.04 Å². The molecule has 1 aliphatic heterocycles. The highest BCUT2D eigenvalue weighted by atomic mass is 16.2. The zero-order valence-corrected chi connectivity index (χ0v) is 13.7. The van der Waals surface area contributed by atoms with E-state index in [1.807, 2.05) is 0 Å². The van der Waals surface area contributed by atoms with Crippen LogP contribution in [-0.4, -0.2) is 23.4 Å². The van der Waals surface area contributed by atoms with Crippen molar-refractivity contribution in [3.05, 3.63) is 35.4 Å². The third-order valence-electron chi connectivity index (χ3n) is 4.90. The molecule has 1 saturated heterocycles. The molecule has 1 aromatic rings.